The Morgan fingerprint density at radius 3 is 2.88 bits per heavy atom. The van der Waals surface area contributed by atoms with Crippen LogP contribution in [0.25, 0.3) is 0 Å². The Hall–Kier alpha value is -0.930. The van der Waals surface area contributed by atoms with E-state index >= 15 is 0 Å². The Labute approximate surface area is 102 Å². The first-order chi connectivity index (χ1) is 8.25. The molecule has 1 aliphatic rings. The second-order valence-corrected chi connectivity index (χ2v) is 4.78. The number of ether oxygens (including phenoxy) is 1. The first kappa shape index (κ1) is 12.5. The van der Waals surface area contributed by atoms with Crippen LogP contribution in [-0.2, 0) is 11.2 Å². The Kier molecular flexibility index (Phi) is 4.51. The van der Waals surface area contributed by atoms with Crippen LogP contribution in [0.5, 0.6) is 0 Å². The van der Waals surface area contributed by atoms with Crippen molar-refractivity contribution in [2.75, 3.05) is 6.61 Å². The van der Waals surface area contributed by atoms with Gasteiger partial charge in [-0.3, -0.25) is 0 Å². The highest BCUT2D eigenvalue weighted by molar-refractivity contribution is 5.18. The third-order valence-electron chi connectivity index (χ3n) is 3.28. The summed E-state index contributed by atoms with van der Waals surface area (Å²) in [5.74, 6) is -0.160. The number of hydrogen-bond donors (Lipinski definition) is 1. The molecule has 1 heterocycles. The molecule has 1 saturated heterocycles. The monoisotopic (exact) mass is 237 g/mol. The first-order valence-corrected chi connectivity index (χ1v) is 6.36. The van der Waals surface area contributed by atoms with Crippen LogP contribution >= 0.6 is 0 Å². The van der Waals surface area contributed by atoms with E-state index in [4.69, 9.17) is 10.5 Å². The van der Waals surface area contributed by atoms with Gasteiger partial charge in [0.25, 0.3) is 0 Å². The van der Waals surface area contributed by atoms with E-state index in [1.165, 1.54) is 12.5 Å². The summed E-state index contributed by atoms with van der Waals surface area (Å²) >= 11 is 0. The summed E-state index contributed by atoms with van der Waals surface area (Å²) in [4.78, 5) is 0. The molecule has 0 saturated carbocycles. The highest BCUT2D eigenvalue weighted by Gasteiger charge is 2.18. The summed E-state index contributed by atoms with van der Waals surface area (Å²) in [5.41, 5.74) is 6.76. The van der Waals surface area contributed by atoms with E-state index in [1.54, 1.807) is 12.1 Å². The quantitative estimate of drug-likeness (QED) is 0.873. The molecule has 0 amide bonds. The molecule has 0 aliphatic carbocycles. The van der Waals surface area contributed by atoms with Crippen molar-refractivity contribution < 1.29 is 9.13 Å². The van der Waals surface area contributed by atoms with E-state index in [-0.39, 0.29) is 18.0 Å². The van der Waals surface area contributed by atoms with Crippen molar-refractivity contribution in [3.05, 3.63) is 35.6 Å². The van der Waals surface area contributed by atoms with Gasteiger partial charge in [0.05, 0.1) is 6.10 Å². The van der Waals surface area contributed by atoms with Crippen molar-refractivity contribution in [3.63, 3.8) is 0 Å². The number of nitrogens with two attached hydrogens (primary N) is 1. The lowest BCUT2D eigenvalue weighted by molar-refractivity contribution is 0.00743. The van der Waals surface area contributed by atoms with E-state index in [0.717, 1.165) is 25.9 Å². The maximum atomic E-state index is 13.4. The molecular weight excluding hydrogens is 217 g/mol. The van der Waals surface area contributed by atoms with Gasteiger partial charge in [0.2, 0.25) is 0 Å². The maximum absolute atomic E-state index is 13.4. The van der Waals surface area contributed by atoms with Gasteiger partial charge in [-0.25, -0.2) is 4.39 Å². The minimum atomic E-state index is -0.160. The SMILES string of the molecule is NC(Cc1ccccc1F)CC1CCCCO1. The van der Waals surface area contributed by atoms with E-state index in [1.807, 2.05) is 6.07 Å². The van der Waals surface area contributed by atoms with Gasteiger partial charge in [-0.1, -0.05) is 18.2 Å². The lowest BCUT2D eigenvalue weighted by Gasteiger charge is -2.25. The number of rotatable bonds is 4. The molecule has 1 aromatic carbocycles. The molecule has 2 atom stereocenters. The number of benzene rings is 1. The van der Waals surface area contributed by atoms with Gasteiger partial charge in [0.1, 0.15) is 5.82 Å². The molecule has 94 valence electrons. The first-order valence-electron chi connectivity index (χ1n) is 6.36. The summed E-state index contributed by atoms with van der Waals surface area (Å²) in [6, 6.07) is 6.82. The molecule has 2 unspecified atom stereocenters. The summed E-state index contributed by atoms with van der Waals surface area (Å²) in [5, 5.41) is 0. The lowest BCUT2D eigenvalue weighted by atomic mass is 9.97. The molecule has 1 fully saturated rings. The summed E-state index contributed by atoms with van der Waals surface area (Å²) < 4.78 is 19.1. The maximum Gasteiger partial charge on any atom is 0.126 e. The Balaban J connectivity index is 1.84. The zero-order valence-electron chi connectivity index (χ0n) is 10.1. The fourth-order valence-electron chi connectivity index (χ4n) is 2.36. The minimum Gasteiger partial charge on any atom is -0.378 e. The van der Waals surface area contributed by atoms with Crippen molar-refractivity contribution >= 4 is 0 Å². The molecule has 2 nitrogen and oxygen atoms in total. The molecule has 2 N–H and O–H groups in total. The van der Waals surface area contributed by atoms with Crippen LogP contribution < -0.4 is 5.73 Å². The third kappa shape index (κ3) is 3.79. The summed E-state index contributed by atoms with van der Waals surface area (Å²) in [7, 11) is 0. The van der Waals surface area contributed by atoms with Crippen LogP contribution in [0.2, 0.25) is 0 Å². The van der Waals surface area contributed by atoms with Crippen molar-refractivity contribution in [1.29, 1.82) is 0 Å². The molecule has 17 heavy (non-hydrogen) atoms. The molecule has 1 aromatic rings. The van der Waals surface area contributed by atoms with Gasteiger partial charge in [0.15, 0.2) is 0 Å². The van der Waals surface area contributed by atoms with E-state index in [9.17, 15) is 4.39 Å². The van der Waals surface area contributed by atoms with Gasteiger partial charge >= 0.3 is 0 Å². The van der Waals surface area contributed by atoms with Gasteiger partial charge in [-0.15, -0.1) is 0 Å². The largest absolute Gasteiger partial charge is 0.378 e. The van der Waals surface area contributed by atoms with Crippen molar-refractivity contribution in [2.24, 2.45) is 5.73 Å². The van der Waals surface area contributed by atoms with Crippen molar-refractivity contribution in [2.45, 2.75) is 44.2 Å². The average Bonchev–Trinajstić information content (AvgIpc) is 2.33. The number of halogens is 1. The minimum absolute atomic E-state index is 0.0185. The highest BCUT2D eigenvalue weighted by Crippen LogP contribution is 2.18. The lowest BCUT2D eigenvalue weighted by Crippen LogP contribution is -2.31. The highest BCUT2D eigenvalue weighted by atomic mass is 19.1. The van der Waals surface area contributed by atoms with Crippen molar-refractivity contribution in [3.8, 4) is 0 Å². The van der Waals surface area contributed by atoms with Gasteiger partial charge in [-0.05, 0) is 43.7 Å². The molecule has 0 bridgehead atoms. The third-order valence-corrected chi connectivity index (χ3v) is 3.28. The molecule has 3 heteroatoms. The molecule has 1 aliphatic heterocycles. The fraction of sp³-hybridized carbons (Fsp3) is 0.571. The van der Waals surface area contributed by atoms with Crippen LogP contribution in [-0.4, -0.2) is 18.8 Å². The van der Waals surface area contributed by atoms with Crippen LogP contribution in [0, 0.1) is 5.82 Å². The van der Waals surface area contributed by atoms with Crippen LogP contribution in [0.3, 0.4) is 0 Å². The molecule has 0 radical (unpaired) electrons. The predicted molar refractivity (Wildman–Crippen MR) is 66.3 cm³/mol. The fourth-order valence-corrected chi connectivity index (χ4v) is 2.36. The standard InChI is InChI=1S/C14H20FNO/c15-14-7-2-1-5-11(14)9-12(16)10-13-6-3-4-8-17-13/h1-2,5,7,12-13H,3-4,6,8-10,16H2. The van der Waals surface area contributed by atoms with E-state index < -0.39 is 0 Å². The molecule has 2 rings (SSSR count). The Morgan fingerprint density at radius 2 is 2.18 bits per heavy atom. The van der Waals surface area contributed by atoms with Crippen LogP contribution in [0.1, 0.15) is 31.2 Å². The molecule has 0 spiro atoms. The van der Waals surface area contributed by atoms with Gasteiger partial charge in [0, 0.05) is 12.6 Å². The number of hydrogen-bond acceptors (Lipinski definition) is 2. The smallest absolute Gasteiger partial charge is 0.126 e. The second kappa shape index (κ2) is 6.12. The molecule has 0 aromatic heterocycles. The van der Waals surface area contributed by atoms with Crippen molar-refractivity contribution in [1.82, 2.24) is 0 Å². The predicted octanol–water partition coefficient (Wildman–Crippen LogP) is 2.65. The zero-order valence-corrected chi connectivity index (χ0v) is 10.1. The van der Waals surface area contributed by atoms with Gasteiger partial charge < -0.3 is 10.5 Å². The molecular formula is C14H20FNO. The van der Waals surface area contributed by atoms with Crippen LogP contribution in [0.4, 0.5) is 4.39 Å². The van der Waals surface area contributed by atoms with Gasteiger partial charge in [-0.2, -0.15) is 0 Å². The second-order valence-electron chi connectivity index (χ2n) is 4.78. The van der Waals surface area contributed by atoms with E-state index in [0.29, 0.717) is 12.0 Å². The summed E-state index contributed by atoms with van der Waals surface area (Å²) in [6.45, 7) is 0.844. The average molecular weight is 237 g/mol. The summed E-state index contributed by atoms with van der Waals surface area (Å²) in [6.07, 6.45) is 5.15. The van der Waals surface area contributed by atoms with Crippen LogP contribution in [0.15, 0.2) is 24.3 Å². The van der Waals surface area contributed by atoms with E-state index in [2.05, 4.69) is 0 Å². The Morgan fingerprint density at radius 1 is 1.35 bits per heavy atom. The Bertz CT molecular complexity index is 350. The normalized spacial score (nSPS) is 22.4. The zero-order chi connectivity index (χ0) is 12.1. The topological polar surface area (TPSA) is 35.2 Å².